The molecule has 19 heavy (non-hydrogen) atoms. The van der Waals surface area contributed by atoms with Gasteiger partial charge in [0.25, 0.3) is 0 Å². The topological polar surface area (TPSA) is 3.24 Å². The van der Waals surface area contributed by atoms with Crippen molar-refractivity contribution in [1.82, 2.24) is 4.90 Å². The molecule has 0 aromatic heterocycles. The lowest BCUT2D eigenvalue weighted by molar-refractivity contribution is 0.140. The van der Waals surface area contributed by atoms with E-state index in [1.807, 2.05) is 0 Å². The SMILES string of the molecule is CCc1cccc(C(c2ccccc2)N2CCC2)c1. The van der Waals surface area contributed by atoms with E-state index in [9.17, 15) is 0 Å². The summed E-state index contributed by atoms with van der Waals surface area (Å²) in [6.07, 6.45) is 2.44. The summed E-state index contributed by atoms with van der Waals surface area (Å²) in [5.41, 5.74) is 4.28. The summed E-state index contributed by atoms with van der Waals surface area (Å²) >= 11 is 0. The Kier molecular flexibility index (Phi) is 3.65. The minimum absolute atomic E-state index is 0.432. The van der Waals surface area contributed by atoms with Crippen molar-refractivity contribution in [2.45, 2.75) is 25.8 Å². The lowest BCUT2D eigenvalue weighted by atomic mass is 9.93. The van der Waals surface area contributed by atoms with E-state index in [1.165, 1.54) is 36.2 Å². The van der Waals surface area contributed by atoms with Gasteiger partial charge >= 0.3 is 0 Å². The molecule has 0 aliphatic carbocycles. The van der Waals surface area contributed by atoms with Gasteiger partial charge in [0.15, 0.2) is 0 Å². The number of aryl methyl sites for hydroxylation is 1. The highest BCUT2D eigenvalue weighted by Gasteiger charge is 2.26. The van der Waals surface area contributed by atoms with Crippen molar-refractivity contribution in [1.29, 1.82) is 0 Å². The average Bonchev–Trinajstić information content (AvgIpc) is 2.43. The Balaban J connectivity index is 1.99. The van der Waals surface area contributed by atoms with E-state index in [0.717, 1.165) is 6.42 Å². The second-order valence-corrected chi connectivity index (χ2v) is 5.30. The minimum Gasteiger partial charge on any atom is -0.292 e. The normalized spacial score (nSPS) is 16.9. The van der Waals surface area contributed by atoms with Crippen LogP contribution in [0.25, 0.3) is 0 Å². The highest BCUT2D eigenvalue weighted by Crippen LogP contribution is 2.32. The first-order valence-electron chi connectivity index (χ1n) is 7.26. The molecule has 0 saturated carbocycles. The first-order chi connectivity index (χ1) is 9.38. The van der Waals surface area contributed by atoms with Gasteiger partial charge in [-0.15, -0.1) is 0 Å². The monoisotopic (exact) mass is 251 g/mol. The Bertz CT molecular complexity index is 528. The van der Waals surface area contributed by atoms with Gasteiger partial charge in [-0.3, -0.25) is 4.90 Å². The molecule has 0 spiro atoms. The molecule has 2 aromatic rings. The predicted octanol–water partition coefficient (Wildman–Crippen LogP) is 4.04. The van der Waals surface area contributed by atoms with Crippen LogP contribution in [0.3, 0.4) is 0 Å². The van der Waals surface area contributed by atoms with Gasteiger partial charge in [-0.1, -0.05) is 61.5 Å². The van der Waals surface area contributed by atoms with Crippen LogP contribution in [0, 0.1) is 0 Å². The molecule has 2 aromatic carbocycles. The summed E-state index contributed by atoms with van der Waals surface area (Å²) in [5, 5.41) is 0. The smallest absolute Gasteiger partial charge is 0.0601 e. The third-order valence-corrected chi connectivity index (χ3v) is 4.05. The molecule has 0 N–H and O–H groups in total. The highest BCUT2D eigenvalue weighted by molar-refractivity contribution is 5.34. The van der Waals surface area contributed by atoms with E-state index < -0.39 is 0 Å². The maximum absolute atomic E-state index is 2.57. The number of likely N-dealkylation sites (tertiary alicyclic amines) is 1. The number of hydrogen-bond donors (Lipinski definition) is 0. The molecule has 1 saturated heterocycles. The highest BCUT2D eigenvalue weighted by atomic mass is 15.2. The predicted molar refractivity (Wildman–Crippen MR) is 80.3 cm³/mol. The van der Waals surface area contributed by atoms with Crippen molar-refractivity contribution in [3.8, 4) is 0 Å². The molecule has 3 rings (SSSR count). The van der Waals surface area contributed by atoms with E-state index in [2.05, 4.69) is 66.4 Å². The lowest BCUT2D eigenvalue weighted by Crippen LogP contribution is -2.40. The summed E-state index contributed by atoms with van der Waals surface area (Å²) in [5.74, 6) is 0. The Morgan fingerprint density at radius 1 is 0.947 bits per heavy atom. The quantitative estimate of drug-likeness (QED) is 0.792. The van der Waals surface area contributed by atoms with Crippen molar-refractivity contribution in [2.75, 3.05) is 13.1 Å². The van der Waals surface area contributed by atoms with Gasteiger partial charge < -0.3 is 0 Å². The fourth-order valence-electron chi connectivity index (χ4n) is 2.83. The molecule has 1 aliphatic heterocycles. The Hall–Kier alpha value is -1.60. The summed E-state index contributed by atoms with van der Waals surface area (Å²) in [6, 6.07) is 20.4. The van der Waals surface area contributed by atoms with Crippen LogP contribution in [0.4, 0.5) is 0 Å². The third-order valence-electron chi connectivity index (χ3n) is 4.05. The molecule has 1 heteroatoms. The third kappa shape index (κ3) is 2.57. The zero-order chi connectivity index (χ0) is 13.1. The van der Waals surface area contributed by atoms with Crippen molar-refractivity contribution in [3.63, 3.8) is 0 Å². The number of rotatable bonds is 4. The Morgan fingerprint density at radius 2 is 1.68 bits per heavy atom. The van der Waals surface area contributed by atoms with Crippen LogP contribution in [0.2, 0.25) is 0 Å². The molecule has 98 valence electrons. The summed E-state index contributed by atoms with van der Waals surface area (Å²) in [6.45, 7) is 4.66. The second kappa shape index (κ2) is 5.58. The molecule has 1 unspecified atom stereocenters. The maximum Gasteiger partial charge on any atom is 0.0601 e. The van der Waals surface area contributed by atoms with Crippen LogP contribution in [-0.2, 0) is 6.42 Å². The van der Waals surface area contributed by atoms with Crippen LogP contribution in [0.5, 0.6) is 0 Å². The van der Waals surface area contributed by atoms with Gasteiger partial charge in [0.2, 0.25) is 0 Å². The zero-order valence-corrected chi connectivity index (χ0v) is 11.5. The first kappa shape index (κ1) is 12.4. The summed E-state index contributed by atoms with van der Waals surface area (Å²) < 4.78 is 0. The molecule has 0 radical (unpaired) electrons. The molecular formula is C18H21N. The van der Waals surface area contributed by atoms with Crippen molar-refractivity contribution >= 4 is 0 Å². The van der Waals surface area contributed by atoms with E-state index in [4.69, 9.17) is 0 Å². The molecule has 1 fully saturated rings. The van der Waals surface area contributed by atoms with E-state index in [0.29, 0.717) is 6.04 Å². The molecular weight excluding hydrogens is 230 g/mol. The molecule has 0 bridgehead atoms. The lowest BCUT2D eigenvalue weighted by Gasteiger charge is -2.39. The standard InChI is InChI=1S/C18H21N/c1-2-15-8-6-11-17(14-15)18(19-12-7-13-19)16-9-4-3-5-10-16/h3-6,8-11,14,18H,2,7,12-13H2,1H3. The van der Waals surface area contributed by atoms with Gasteiger partial charge in [0.1, 0.15) is 0 Å². The van der Waals surface area contributed by atoms with Gasteiger partial charge in [0, 0.05) is 13.1 Å². The Labute approximate surface area is 115 Å². The van der Waals surface area contributed by atoms with Crippen molar-refractivity contribution < 1.29 is 0 Å². The maximum atomic E-state index is 2.57. The second-order valence-electron chi connectivity index (χ2n) is 5.30. The van der Waals surface area contributed by atoms with Crippen molar-refractivity contribution in [3.05, 3.63) is 71.3 Å². The van der Waals surface area contributed by atoms with Crippen LogP contribution < -0.4 is 0 Å². The molecule has 1 aliphatic rings. The fraction of sp³-hybridized carbons (Fsp3) is 0.333. The van der Waals surface area contributed by atoms with E-state index in [1.54, 1.807) is 0 Å². The van der Waals surface area contributed by atoms with Crippen LogP contribution in [0.1, 0.15) is 36.1 Å². The van der Waals surface area contributed by atoms with Crippen LogP contribution in [0.15, 0.2) is 54.6 Å². The van der Waals surface area contributed by atoms with E-state index >= 15 is 0 Å². The molecule has 1 heterocycles. The molecule has 1 atom stereocenters. The van der Waals surface area contributed by atoms with E-state index in [-0.39, 0.29) is 0 Å². The van der Waals surface area contributed by atoms with Crippen LogP contribution in [-0.4, -0.2) is 18.0 Å². The number of hydrogen-bond acceptors (Lipinski definition) is 1. The first-order valence-corrected chi connectivity index (χ1v) is 7.26. The van der Waals surface area contributed by atoms with Crippen molar-refractivity contribution in [2.24, 2.45) is 0 Å². The van der Waals surface area contributed by atoms with Gasteiger partial charge in [-0.25, -0.2) is 0 Å². The largest absolute Gasteiger partial charge is 0.292 e. The minimum atomic E-state index is 0.432. The number of benzene rings is 2. The van der Waals surface area contributed by atoms with Gasteiger partial charge in [-0.05, 0) is 29.5 Å². The molecule has 1 nitrogen and oxygen atoms in total. The fourth-order valence-corrected chi connectivity index (χ4v) is 2.83. The summed E-state index contributed by atoms with van der Waals surface area (Å²) in [4.78, 5) is 2.57. The van der Waals surface area contributed by atoms with Gasteiger partial charge in [-0.2, -0.15) is 0 Å². The number of nitrogens with zero attached hydrogens (tertiary/aromatic N) is 1. The average molecular weight is 251 g/mol. The summed E-state index contributed by atoms with van der Waals surface area (Å²) in [7, 11) is 0. The van der Waals surface area contributed by atoms with Crippen LogP contribution >= 0.6 is 0 Å². The zero-order valence-electron chi connectivity index (χ0n) is 11.5. The Morgan fingerprint density at radius 3 is 2.32 bits per heavy atom. The molecule has 0 amide bonds. The van der Waals surface area contributed by atoms with Gasteiger partial charge in [0.05, 0.1) is 6.04 Å².